The first kappa shape index (κ1) is 18.8. The average molecular weight is 363 g/mol. The first-order valence-electron chi connectivity index (χ1n) is 9.23. The number of benzene rings is 2. The van der Waals surface area contributed by atoms with Crippen LogP contribution in [-0.4, -0.2) is 23.8 Å². The van der Waals surface area contributed by atoms with Gasteiger partial charge in [0.2, 0.25) is 0 Å². The van der Waals surface area contributed by atoms with Crippen LogP contribution in [0, 0.1) is 6.92 Å². The maximum Gasteiger partial charge on any atom is 0.340 e. The van der Waals surface area contributed by atoms with E-state index in [-0.39, 0.29) is 5.97 Å². The third kappa shape index (κ3) is 4.05. The Balaban J connectivity index is 2.02. The Hall–Kier alpha value is -3.01. The van der Waals surface area contributed by atoms with Gasteiger partial charge < -0.3 is 14.0 Å². The molecule has 0 spiro atoms. The molecule has 0 amide bonds. The molecule has 4 nitrogen and oxygen atoms in total. The highest BCUT2D eigenvalue weighted by atomic mass is 16.5. The van der Waals surface area contributed by atoms with Crippen molar-refractivity contribution in [3.05, 3.63) is 78.0 Å². The van der Waals surface area contributed by atoms with Crippen molar-refractivity contribution in [1.29, 1.82) is 0 Å². The van der Waals surface area contributed by atoms with E-state index in [1.54, 1.807) is 6.08 Å². The monoisotopic (exact) mass is 363 g/mol. The van der Waals surface area contributed by atoms with Gasteiger partial charge in [0.25, 0.3) is 0 Å². The Morgan fingerprint density at radius 3 is 2.67 bits per heavy atom. The van der Waals surface area contributed by atoms with Gasteiger partial charge in [0, 0.05) is 23.1 Å². The predicted molar refractivity (Wildman–Crippen MR) is 108 cm³/mol. The second kappa shape index (κ2) is 8.58. The summed E-state index contributed by atoms with van der Waals surface area (Å²) >= 11 is 0. The molecule has 4 heteroatoms. The summed E-state index contributed by atoms with van der Waals surface area (Å²) in [6.07, 6.45) is 2.59. The zero-order valence-electron chi connectivity index (χ0n) is 15.9. The summed E-state index contributed by atoms with van der Waals surface area (Å²) < 4.78 is 13.1. The maximum atomic E-state index is 12.6. The highest BCUT2D eigenvalue weighted by molar-refractivity contribution is 6.06. The third-order valence-electron chi connectivity index (χ3n) is 4.61. The van der Waals surface area contributed by atoms with E-state index in [0.717, 1.165) is 29.6 Å². The molecule has 0 saturated heterocycles. The lowest BCUT2D eigenvalue weighted by Crippen LogP contribution is -2.08. The standard InChI is InChI=1S/C23H25NO3/c1-4-15-27-19-11-12-21-20(16-19)22(23(25)26-5-2)17(3)24(21)14-13-18-9-7-6-8-10-18/h4,6-12,16H,1,5,13-15H2,2-3H3. The molecule has 0 N–H and O–H groups in total. The fourth-order valence-electron chi connectivity index (χ4n) is 3.34. The molecular formula is C23H25NO3. The Morgan fingerprint density at radius 1 is 1.19 bits per heavy atom. The number of carbonyl (C=O) groups is 1. The number of aryl methyl sites for hydroxylation is 2. The van der Waals surface area contributed by atoms with Gasteiger partial charge in [-0.05, 0) is 44.0 Å². The molecule has 0 aliphatic carbocycles. The molecule has 0 saturated carbocycles. The highest BCUT2D eigenvalue weighted by Crippen LogP contribution is 2.30. The number of esters is 1. The number of ether oxygens (including phenoxy) is 2. The quantitative estimate of drug-likeness (QED) is 0.421. The fraction of sp³-hybridized carbons (Fsp3) is 0.261. The molecule has 3 aromatic rings. The van der Waals surface area contributed by atoms with E-state index in [1.165, 1.54) is 5.56 Å². The van der Waals surface area contributed by atoms with Crippen LogP contribution in [0.4, 0.5) is 0 Å². The molecule has 140 valence electrons. The van der Waals surface area contributed by atoms with E-state index in [0.29, 0.717) is 24.5 Å². The van der Waals surface area contributed by atoms with Crippen molar-refractivity contribution in [2.24, 2.45) is 0 Å². The Labute approximate surface area is 160 Å². The molecule has 0 bridgehead atoms. The molecule has 0 aliphatic heterocycles. The van der Waals surface area contributed by atoms with Crippen LogP contribution >= 0.6 is 0 Å². The number of rotatable bonds is 8. The van der Waals surface area contributed by atoms with E-state index in [9.17, 15) is 4.79 Å². The molecule has 0 atom stereocenters. The van der Waals surface area contributed by atoms with Crippen molar-refractivity contribution in [3.63, 3.8) is 0 Å². The molecule has 3 rings (SSSR count). The summed E-state index contributed by atoms with van der Waals surface area (Å²) in [5.74, 6) is 0.424. The lowest BCUT2D eigenvalue weighted by Gasteiger charge is -2.09. The first-order valence-corrected chi connectivity index (χ1v) is 9.23. The van der Waals surface area contributed by atoms with Gasteiger partial charge in [-0.25, -0.2) is 4.79 Å². The van der Waals surface area contributed by atoms with Gasteiger partial charge in [0.15, 0.2) is 0 Å². The van der Waals surface area contributed by atoms with Crippen molar-refractivity contribution >= 4 is 16.9 Å². The highest BCUT2D eigenvalue weighted by Gasteiger charge is 2.21. The average Bonchev–Trinajstić information content (AvgIpc) is 2.96. The number of carbonyl (C=O) groups excluding carboxylic acids is 1. The van der Waals surface area contributed by atoms with Crippen LogP contribution in [-0.2, 0) is 17.7 Å². The van der Waals surface area contributed by atoms with Crippen molar-refractivity contribution in [2.75, 3.05) is 13.2 Å². The van der Waals surface area contributed by atoms with Crippen molar-refractivity contribution in [2.45, 2.75) is 26.8 Å². The van der Waals surface area contributed by atoms with Crippen LogP contribution < -0.4 is 4.74 Å². The lowest BCUT2D eigenvalue weighted by atomic mass is 10.1. The van der Waals surface area contributed by atoms with Crippen LogP contribution in [0.1, 0.15) is 28.5 Å². The second-order valence-electron chi connectivity index (χ2n) is 6.35. The third-order valence-corrected chi connectivity index (χ3v) is 4.61. The van der Waals surface area contributed by atoms with Crippen LogP contribution in [0.15, 0.2) is 61.2 Å². The fourth-order valence-corrected chi connectivity index (χ4v) is 3.34. The molecule has 0 unspecified atom stereocenters. The van der Waals surface area contributed by atoms with Crippen LogP contribution in [0.5, 0.6) is 5.75 Å². The summed E-state index contributed by atoms with van der Waals surface area (Å²) in [4.78, 5) is 12.6. The second-order valence-corrected chi connectivity index (χ2v) is 6.35. The van der Waals surface area contributed by atoms with Crippen molar-refractivity contribution < 1.29 is 14.3 Å². The van der Waals surface area contributed by atoms with Gasteiger partial charge in [0.1, 0.15) is 12.4 Å². The first-order chi connectivity index (χ1) is 13.2. The largest absolute Gasteiger partial charge is 0.490 e. The van der Waals surface area contributed by atoms with Gasteiger partial charge >= 0.3 is 5.97 Å². The predicted octanol–water partition coefficient (Wildman–Crippen LogP) is 4.93. The lowest BCUT2D eigenvalue weighted by molar-refractivity contribution is 0.0527. The van der Waals surface area contributed by atoms with E-state index < -0.39 is 0 Å². The minimum Gasteiger partial charge on any atom is -0.490 e. The smallest absolute Gasteiger partial charge is 0.340 e. The zero-order chi connectivity index (χ0) is 19.2. The van der Waals surface area contributed by atoms with Crippen LogP contribution in [0.25, 0.3) is 10.9 Å². The molecule has 27 heavy (non-hydrogen) atoms. The van der Waals surface area contributed by atoms with E-state index in [1.807, 2.05) is 50.2 Å². The zero-order valence-corrected chi connectivity index (χ0v) is 15.9. The molecule has 2 aromatic carbocycles. The Kier molecular flexibility index (Phi) is 5.97. The summed E-state index contributed by atoms with van der Waals surface area (Å²) in [5.41, 5.74) is 3.81. The minimum absolute atomic E-state index is 0.292. The SMILES string of the molecule is C=CCOc1ccc2c(c1)c(C(=O)OCC)c(C)n2CCc1ccccc1. The number of aromatic nitrogens is 1. The molecule has 1 heterocycles. The minimum atomic E-state index is -0.292. The summed E-state index contributed by atoms with van der Waals surface area (Å²) in [6.45, 7) is 9.03. The normalized spacial score (nSPS) is 10.7. The summed E-state index contributed by atoms with van der Waals surface area (Å²) in [5, 5.41) is 0.862. The number of nitrogens with zero attached hydrogens (tertiary/aromatic N) is 1. The van der Waals surface area contributed by atoms with Gasteiger partial charge in [-0.2, -0.15) is 0 Å². The molecule has 0 aliphatic rings. The number of hydrogen-bond donors (Lipinski definition) is 0. The number of fused-ring (bicyclic) bond motifs is 1. The molecule has 1 aromatic heterocycles. The summed E-state index contributed by atoms with van der Waals surface area (Å²) in [7, 11) is 0. The van der Waals surface area contributed by atoms with E-state index in [4.69, 9.17) is 9.47 Å². The van der Waals surface area contributed by atoms with Gasteiger partial charge in [-0.3, -0.25) is 0 Å². The van der Waals surface area contributed by atoms with E-state index in [2.05, 4.69) is 23.3 Å². The van der Waals surface area contributed by atoms with Crippen molar-refractivity contribution in [1.82, 2.24) is 4.57 Å². The van der Waals surface area contributed by atoms with Crippen LogP contribution in [0.2, 0.25) is 0 Å². The number of hydrogen-bond acceptors (Lipinski definition) is 3. The Morgan fingerprint density at radius 2 is 1.96 bits per heavy atom. The van der Waals surface area contributed by atoms with E-state index >= 15 is 0 Å². The maximum absolute atomic E-state index is 12.6. The summed E-state index contributed by atoms with van der Waals surface area (Å²) in [6, 6.07) is 16.2. The molecule has 0 fully saturated rings. The van der Waals surface area contributed by atoms with Gasteiger partial charge in [-0.1, -0.05) is 43.0 Å². The molecular weight excluding hydrogens is 338 g/mol. The van der Waals surface area contributed by atoms with Gasteiger partial charge in [0.05, 0.1) is 12.2 Å². The van der Waals surface area contributed by atoms with Gasteiger partial charge in [-0.15, -0.1) is 0 Å². The topological polar surface area (TPSA) is 40.5 Å². The Bertz CT molecular complexity index is 941. The van der Waals surface area contributed by atoms with Crippen LogP contribution in [0.3, 0.4) is 0 Å². The van der Waals surface area contributed by atoms with Crippen molar-refractivity contribution in [3.8, 4) is 5.75 Å². The molecule has 0 radical (unpaired) electrons.